The Hall–Kier alpha value is -6.61. The molecule has 0 saturated carbocycles. The number of aliphatic hydroxyl groups excluding tert-OH is 1. The van der Waals surface area contributed by atoms with Crippen LogP contribution in [-0.4, -0.2) is 184 Å². The minimum absolute atomic E-state index is 0.0347. The summed E-state index contributed by atoms with van der Waals surface area (Å²) in [6, 6.07) is -10.4. The Morgan fingerprint density at radius 3 is 2.03 bits per heavy atom. The number of nitrogens with zero attached hydrogens (tertiary/aromatic N) is 3. The minimum atomic E-state index is -1.72. The average molecular weight is 1050 g/mol. The summed E-state index contributed by atoms with van der Waals surface area (Å²) in [4.78, 5) is 142. The molecule has 8 amide bonds. The van der Waals surface area contributed by atoms with Crippen LogP contribution in [0.25, 0.3) is 0 Å². The van der Waals surface area contributed by atoms with Gasteiger partial charge in [0.2, 0.25) is 47.3 Å². The number of carboxylic acid groups (broad SMARTS) is 1. The highest BCUT2D eigenvalue weighted by Gasteiger charge is 2.59. The zero-order valence-corrected chi connectivity index (χ0v) is 41.6. The van der Waals surface area contributed by atoms with Gasteiger partial charge in [0, 0.05) is 31.4 Å². The van der Waals surface area contributed by atoms with Gasteiger partial charge in [0.1, 0.15) is 42.5 Å². The number of carboxylic acids is 1. The molecule has 2 aliphatic heterocycles. The van der Waals surface area contributed by atoms with Crippen molar-refractivity contribution in [1.82, 2.24) is 52.1 Å². The predicted octanol–water partition coefficient (Wildman–Crippen LogP) is -7.61. The van der Waals surface area contributed by atoms with E-state index in [0.717, 1.165) is 0 Å². The van der Waals surface area contributed by atoms with E-state index in [-0.39, 0.29) is 83.5 Å². The molecule has 31 nitrogen and oxygen atoms in total. The van der Waals surface area contributed by atoms with Crippen LogP contribution in [0.2, 0.25) is 0 Å². The van der Waals surface area contributed by atoms with E-state index in [4.69, 9.17) is 49.9 Å². The number of guanidine groups is 1. The largest absolute Gasteiger partial charge is 0.480 e. The summed E-state index contributed by atoms with van der Waals surface area (Å²) >= 11 is 0. The summed E-state index contributed by atoms with van der Waals surface area (Å²) < 4.78 is 0. The molecule has 1 aromatic rings. The molecule has 2 aliphatic rings. The molecule has 416 valence electrons. The number of carbonyl (C=O) groups is 9. The van der Waals surface area contributed by atoms with Crippen LogP contribution in [0, 0.1) is 0 Å². The highest BCUT2D eigenvalue weighted by molar-refractivity contribution is 5.98. The molecule has 3 heterocycles. The fraction of sp³-hybridized carbons (Fsp3) is 0.698. The Kier molecular flexibility index (Phi) is 26.0. The molecular formula is C43H76N18O13. The molecule has 2 fully saturated rings. The third kappa shape index (κ3) is 20.4. The van der Waals surface area contributed by atoms with Crippen LogP contribution >= 0.6 is 0 Å². The molecule has 3 rings (SSSR count). The first kappa shape index (κ1) is 61.7. The lowest BCUT2D eigenvalue weighted by Gasteiger charge is -2.30. The number of imidazole rings is 1. The number of aliphatic imine (C=N–C) groups is 1. The van der Waals surface area contributed by atoms with E-state index >= 15 is 0 Å². The van der Waals surface area contributed by atoms with Gasteiger partial charge in [0.15, 0.2) is 12.0 Å². The molecule has 0 bridgehead atoms. The predicted molar refractivity (Wildman–Crippen MR) is 262 cm³/mol. The normalized spacial score (nSPS) is 17.9. The Balaban J connectivity index is 1.71. The van der Waals surface area contributed by atoms with Crippen molar-refractivity contribution in [3.8, 4) is 0 Å². The second kappa shape index (κ2) is 31.2. The van der Waals surface area contributed by atoms with Crippen molar-refractivity contribution in [2.24, 2.45) is 45.1 Å². The number of aliphatic hydroxyl groups is 1. The third-order valence-electron chi connectivity index (χ3n) is 12.0. The maximum atomic E-state index is 14.2. The van der Waals surface area contributed by atoms with Gasteiger partial charge in [0.25, 0.3) is 5.79 Å². The van der Waals surface area contributed by atoms with Gasteiger partial charge < -0.3 is 97.5 Å². The van der Waals surface area contributed by atoms with Crippen molar-refractivity contribution in [3.63, 3.8) is 0 Å². The highest BCUT2D eigenvalue weighted by atomic mass is 17.4. The highest BCUT2D eigenvalue weighted by Crippen LogP contribution is 2.32. The van der Waals surface area contributed by atoms with Gasteiger partial charge in [-0.1, -0.05) is 6.42 Å². The van der Waals surface area contributed by atoms with Crippen molar-refractivity contribution in [2.45, 2.75) is 151 Å². The average Bonchev–Trinajstić information content (AvgIpc) is 3.67. The van der Waals surface area contributed by atoms with E-state index in [2.05, 4.69) is 52.2 Å². The molecule has 0 radical (unpaired) electrons. The lowest BCUT2D eigenvalue weighted by atomic mass is 10.0. The van der Waals surface area contributed by atoms with Crippen molar-refractivity contribution < 1.29 is 63.1 Å². The van der Waals surface area contributed by atoms with E-state index in [9.17, 15) is 53.4 Å². The van der Waals surface area contributed by atoms with Crippen LogP contribution in [0.1, 0.15) is 89.7 Å². The number of unbranched alkanes of at least 4 members (excludes halogenated alkanes) is 2. The van der Waals surface area contributed by atoms with E-state index in [1.807, 2.05) is 0 Å². The Bertz CT molecular complexity index is 2060. The molecule has 9 atom stereocenters. The number of aromatic nitrogens is 2. The molecule has 2 unspecified atom stereocenters. The summed E-state index contributed by atoms with van der Waals surface area (Å²) in [6.07, 6.45) is 3.82. The topological polar surface area (TPSA) is 530 Å². The standard InChI is InChI=1S/C43H76N18O13/c1-23(55-39(69)33(43(21-46)73-74-43)60-35(65)25(47)8-2-4-14-44)34(64)53-20-32(63)56-27(12-13-31(48)62)40(70)61-17-7-11-30(61)38(68)59-29(18-24-19-51-22-54-24)37(67)57-26(9-3-5-15-45)36(66)58-28(41(71)72)10-6-16-52-42(49)50/h19,22-23,25-31,33,62H,2-18,20-21,44-48H2,1H3,(H,51,54)(H,53,64)(H,55,69)(H,56,63)(H,57,67)(H,58,66)(H,59,68)(H,60,65)(H,71,72)(H4,49,50,52)/t23-,25-,26-,27+,28?,29-,30-,31?,33+/m0/s1. The van der Waals surface area contributed by atoms with Crippen LogP contribution in [-0.2, 0) is 59.3 Å². The second-order valence-corrected chi connectivity index (χ2v) is 18.0. The summed E-state index contributed by atoms with van der Waals surface area (Å²) in [5, 5.41) is 37.3. The van der Waals surface area contributed by atoms with Crippen molar-refractivity contribution >= 4 is 59.2 Å². The molecule has 0 aromatic carbocycles. The maximum Gasteiger partial charge on any atom is 0.326 e. The quantitative estimate of drug-likeness (QED) is 0.00750. The molecule has 24 N–H and O–H groups in total. The fourth-order valence-electron chi connectivity index (χ4n) is 7.79. The van der Waals surface area contributed by atoms with Crippen molar-refractivity contribution in [2.75, 3.05) is 39.3 Å². The zero-order chi connectivity index (χ0) is 55.0. The minimum Gasteiger partial charge on any atom is -0.480 e. The Morgan fingerprint density at radius 2 is 1.43 bits per heavy atom. The summed E-state index contributed by atoms with van der Waals surface area (Å²) in [6.45, 7) is 1.05. The Morgan fingerprint density at radius 1 is 0.784 bits per heavy atom. The number of carbonyl (C=O) groups excluding carboxylic acids is 8. The van der Waals surface area contributed by atoms with Gasteiger partial charge in [-0.2, -0.15) is 9.78 Å². The smallest absolute Gasteiger partial charge is 0.326 e. The van der Waals surface area contributed by atoms with Crippen molar-refractivity contribution in [1.29, 1.82) is 0 Å². The van der Waals surface area contributed by atoms with Crippen LogP contribution in [0.5, 0.6) is 0 Å². The number of nitrogens with one attached hydrogen (secondary N) is 8. The lowest BCUT2D eigenvalue weighted by Crippen LogP contribution is -2.62. The van der Waals surface area contributed by atoms with Gasteiger partial charge >= 0.3 is 5.97 Å². The number of likely N-dealkylation sites (tertiary alicyclic amines) is 1. The van der Waals surface area contributed by atoms with Crippen LogP contribution in [0.4, 0.5) is 0 Å². The van der Waals surface area contributed by atoms with E-state index in [0.29, 0.717) is 44.3 Å². The number of amides is 8. The number of aliphatic carboxylic acids is 1. The number of hydrogen-bond donors (Lipinski definition) is 17. The number of rotatable bonds is 35. The molecule has 0 spiro atoms. The molecule has 1 aromatic heterocycles. The summed E-state index contributed by atoms with van der Waals surface area (Å²) in [7, 11) is 0. The van der Waals surface area contributed by atoms with Gasteiger partial charge in [-0.3, -0.25) is 43.3 Å². The van der Waals surface area contributed by atoms with Gasteiger partial charge in [-0.25, -0.2) is 9.78 Å². The maximum absolute atomic E-state index is 14.2. The van der Waals surface area contributed by atoms with Gasteiger partial charge in [-0.15, -0.1) is 0 Å². The van der Waals surface area contributed by atoms with Crippen LogP contribution in [0.15, 0.2) is 17.5 Å². The van der Waals surface area contributed by atoms with Crippen molar-refractivity contribution in [3.05, 3.63) is 18.2 Å². The SMILES string of the molecule is C[C@H](NC(=O)[C@@H](NC(=O)[C@@H](N)CCCCN)C1(CN)OO1)C(=O)NCC(=O)N[C@H](CCC(N)O)C(=O)N1CCC[C@H]1C(=O)N[C@@H](Cc1cnc[nH]1)C(=O)N[C@@H](CCCCN)C(=O)NC(CCCN=C(N)N)C(=O)O. The Labute approximate surface area is 427 Å². The molecular weight excluding hydrogens is 977 g/mol. The first-order valence-corrected chi connectivity index (χ1v) is 24.5. The number of nitrogens with two attached hydrogens (primary N) is 7. The molecule has 31 heteroatoms. The molecule has 2 saturated heterocycles. The second-order valence-electron chi connectivity index (χ2n) is 18.0. The van der Waals surface area contributed by atoms with E-state index in [1.165, 1.54) is 24.3 Å². The summed E-state index contributed by atoms with van der Waals surface area (Å²) in [5.41, 5.74) is 39.6. The van der Waals surface area contributed by atoms with Crippen LogP contribution in [0.3, 0.4) is 0 Å². The first-order chi connectivity index (χ1) is 35.2. The first-order valence-electron chi connectivity index (χ1n) is 24.5. The number of H-pyrrole nitrogens is 1. The van der Waals surface area contributed by atoms with Gasteiger partial charge in [0.05, 0.1) is 25.5 Å². The third-order valence-corrected chi connectivity index (χ3v) is 12.0. The molecule has 74 heavy (non-hydrogen) atoms. The zero-order valence-electron chi connectivity index (χ0n) is 41.6. The number of hydrogen-bond acceptors (Lipinski definition) is 19. The van der Waals surface area contributed by atoms with Crippen LogP contribution < -0.4 is 77.4 Å². The van der Waals surface area contributed by atoms with Gasteiger partial charge in [-0.05, 0) is 90.6 Å². The van der Waals surface area contributed by atoms with E-state index in [1.54, 1.807) is 0 Å². The van der Waals surface area contributed by atoms with E-state index < -0.39 is 120 Å². The monoisotopic (exact) mass is 1050 g/mol. The molecule has 0 aliphatic carbocycles. The lowest BCUT2D eigenvalue weighted by molar-refractivity contribution is -0.143. The number of aromatic amines is 1. The summed E-state index contributed by atoms with van der Waals surface area (Å²) in [5.74, 6) is -9.72. The fourth-order valence-corrected chi connectivity index (χ4v) is 7.79.